The summed E-state index contributed by atoms with van der Waals surface area (Å²) in [6, 6.07) is 3.93. The van der Waals surface area contributed by atoms with Gasteiger partial charge in [-0.2, -0.15) is 10.4 Å². The average Bonchev–Trinajstić information content (AvgIpc) is 3.17. The van der Waals surface area contributed by atoms with Crippen LogP contribution >= 0.6 is 0 Å². The van der Waals surface area contributed by atoms with E-state index in [1.54, 1.807) is 19.4 Å². The number of hydrogen-bond donors (Lipinski definition) is 1. The van der Waals surface area contributed by atoms with Crippen molar-refractivity contribution in [3.63, 3.8) is 0 Å². The molecule has 0 bridgehead atoms. The minimum atomic E-state index is -0.458. The molecule has 0 unspecified atom stereocenters. The van der Waals surface area contributed by atoms with E-state index in [0.717, 1.165) is 27.6 Å². The third-order valence-corrected chi connectivity index (χ3v) is 4.82. The number of nitriles is 1. The molecule has 0 spiro atoms. The SMILES string of the molecule is CN(CC#N)C(=O)OC1CCN(c2nncc3cnc4[nH]ccc4c23)CC1. The molecule has 1 saturated heterocycles. The number of hydrogen-bond acceptors (Lipinski definition) is 7. The van der Waals surface area contributed by atoms with Gasteiger partial charge in [-0.05, 0) is 6.07 Å². The lowest BCUT2D eigenvalue weighted by atomic mass is 10.1. The molecule has 1 amide bonds. The van der Waals surface area contributed by atoms with Crippen molar-refractivity contribution in [2.24, 2.45) is 0 Å². The van der Waals surface area contributed by atoms with Gasteiger partial charge in [0.15, 0.2) is 5.82 Å². The van der Waals surface area contributed by atoms with Crippen molar-refractivity contribution in [1.29, 1.82) is 5.26 Å². The molecule has 3 aromatic rings. The van der Waals surface area contributed by atoms with Crippen LogP contribution in [0.4, 0.5) is 10.6 Å². The number of aromatic nitrogens is 4. The Labute approximate surface area is 155 Å². The maximum Gasteiger partial charge on any atom is 0.410 e. The number of nitrogens with one attached hydrogen (secondary N) is 1. The molecule has 138 valence electrons. The Morgan fingerprint density at radius 2 is 2.26 bits per heavy atom. The number of pyridine rings is 1. The Kier molecular flexibility index (Phi) is 4.46. The number of carbonyl (C=O) groups is 1. The molecule has 1 fully saturated rings. The van der Waals surface area contributed by atoms with Crippen LogP contribution in [0, 0.1) is 11.3 Å². The zero-order chi connectivity index (χ0) is 18.8. The Balaban J connectivity index is 1.51. The van der Waals surface area contributed by atoms with Crippen molar-refractivity contribution in [3.8, 4) is 6.07 Å². The highest BCUT2D eigenvalue weighted by Crippen LogP contribution is 2.31. The predicted molar refractivity (Wildman–Crippen MR) is 99.1 cm³/mol. The van der Waals surface area contributed by atoms with Crippen molar-refractivity contribution in [2.75, 3.05) is 31.6 Å². The molecule has 1 aliphatic rings. The highest BCUT2D eigenvalue weighted by atomic mass is 16.6. The van der Waals surface area contributed by atoms with Gasteiger partial charge in [0.05, 0.1) is 12.3 Å². The van der Waals surface area contributed by atoms with Gasteiger partial charge in [0.1, 0.15) is 18.3 Å². The average molecular weight is 365 g/mol. The molecule has 0 aromatic carbocycles. The first kappa shape index (κ1) is 17.0. The van der Waals surface area contributed by atoms with Crippen LogP contribution < -0.4 is 4.90 Å². The largest absolute Gasteiger partial charge is 0.446 e. The van der Waals surface area contributed by atoms with Gasteiger partial charge in [-0.15, -0.1) is 5.10 Å². The lowest BCUT2D eigenvalue weighted by Crippen LogP contribution is -2.40. The Hall–Kier alpha value is -3.41. The normalized spacial score (nSPS) is 15.0. The summed E-state index contributed by atoms with van der Waals surface area (Å²) < 4.78 is 5.49. The maximum atomic E-state index is 12.0. The second-order valence-electron chi connectivity index (χ2n) is 6.58. The first-order valence-electron chi connectivity index (χ1n) is 8.78. The second kappa shape index (κ2) is 7.07. The topological polar surface area (TPSA) is 111 Å². The number of amides is 1. The Morgan fingerprint density at radius 1 is 1.44 bits per heavy atom. The van der Waals surface area contributed by atoms with Gasteiger partial charge >= 0.3 is 6.09 Å². The van der Waals surface area contributed by atoms with Gasteiger partial charge in [0.2, 0.25) is 0 Å². The van der Waals surface area contributed by atoms with E-state index in [-0.39, 0.29) is 12.6 Å². The van der Waals surface area contributed by atoms with Crippen LogP contribution in [0.2, 0.25) is 0 Å². The zero-order valence-corrected chi connectivity index (χ0v) is 14.9. The number of ether oxygens (including phenoxy) is 1. The van der Waals surface area contributed by atoms with Crippen molar-refractivity contribution in [2.45, 2.75) is 18.9 Å². The molecule has 1 N–H and O–H groups in total. The highest BCUT2D eigenvalue weighted by Gasteiger charge is 2.26. The quantitative estimate of drug-likeness (QED) is 0.707. The fourth-order valence-corrected chi connectivity index (χ4v) is 3.38. The lowest BCUT2D eigenvalue weighted by Gasteiger charge is -2.33. The van der Waals surface area contributed by atoms with E-state index < -0.39 is 6.09 Å². The third kappa shape index (κ3) is 3.21. The van der Waals surface area contributed by atoms with Crippen molar-refractivity contribution in [1.82, 2.24) is 25.1 Å². The minimum absolute atomic E-state index is 0.0178. The maximum absolute atomic E-state index is 12.0. The van der Waals surface area contributed by atoms with Crippen molar-refractivity contribution in [3.05, 3.63) is 24.7 Å². The number of rotatable bonds is 3. The van der Waals surface area contributed by atoms with Gasteiger partial charge in [-0.1, -0.05) is 0 Å². The summed E-state index contributed by atoms with van der Waals surface area (Å²) in [6.07, 6.45) is 6.16. The fraction of sp³-hybridized carbons (Fsp3) is 0.389. The van der Waals surface area contributed by atoms with E-state index in [1.165, 1.54) is 4.90 Å². The molecule has 0 radical (unpaired) electrons. The van der Waals surface area contributed by atoms with E-state index in [2.05, 4.69) is 25.1 Å². The predicted octanol–water partition coefficient (Wildman–Crippen LogP) is 2.07. The molecular formula is C18H19N7O2. The highest BCUT2D eigenvalue weighted by molar-refractivity contribution is 6.09. The summed E-state index contributed by atoms with van der Waals surface area (Å²) in [5, 5.41) is 20.2. The van der Waals surface area contributed by atoms with E-state index in [1.807, 2.05) is 18.3 Å². The summed E-state index contributed by atoms with van der Waals surface area (Å²) in [5.41, 5.74) is 0.820. The van der Waals surface area contributed by atoms with E-state index >= 15 is 0 Å². The molecule has 3 aromatic heterocycles. The summed E-state index contributed by atoms with van der Waals surface area (Å²) in [7, 11) is 1.56. The van der Waals surface area contributed by atoms with Crippen LogP contribution in [0.1, 0.15) is 12.8 Å². The number of fused-ring (bicyclic) bond motifs is 3. The number of aromatic amines is 1. The molecular weight excluding hydrogens is 346 g/mol. The molecule has 0 aliphatic carbocycles. The Bertz CT molecular complexity index is 1020. The number of nitrogens with zero attached hydrogens (tertiary/aromatic N) is 6. The van der Waals surface area contributed by atoms with Crippen LogP contribution in [-0.2, 0) is 4.74 Å². The van der Waals surface area contributed by atoms with Crippen LogP contribution in [-0.4, -0.2) is 63.9 Å². The first-order valence-corrected chi connectivity index (χ1v) is 8.78. The molecule has 4 rings (SSSR count). The molecule has 4 heterocycles. The van der Waals surface area contributed by atoms with Crippen LogP contribution in [0.15, 0.2) is 24.7 Å². The van der Waals surface area contributed by atoms with Crippen LogP contribution in [0.3, 0.4) is 0 Å². The van der Waals surface area contributed by atoms with Gasteiger partial charge in [0, 0.05) is 61.5 Å². The van der Waals surface area contributed by atoms with Crippen LogP contribution in [0.25, 0.3) is 21.8 Å². The number of anilines is 1. The van der Waals surface area contributed by atoms with E-state index in [4.69, 9.17) is 10.00 Å². The standard InChI is InChI=1S/C18H19N7O2/c1-24(9-5-19)18(26)27-13-3-7-25(8-4-13)17-15-12(11-22-23-17)10-21-16-14(15)2-6-20-16/h2,6,10-11,13H,3-4,7-9H2,1H3,(H,20,21). The summed E-state index contributed by atoms with van der Waals surface area (Å²) in [4.78, 5) is 22.9. The van der Waals surface area contributed by atoms with Crippen molar-refractivity contribution < 1.29 is 9.53 Å². The van der Waals surface area contributed by atoms with Gasteiger partial charge in [-0.3, -0.25) is 4.90 Å². The number of carbonyl (C=O) groups excluding carboxylic acids is 1. The Morgan fingerprint density at radius 3 is 3.04 bits per heavy atom. The second-order valence-corrected chi connectivity index (χ2v) is 6.58. The summed E-state index contributed by atoms with van der Waals surface area (Å²) in [6.45, 7) is 1.44. The monoisotopic (exact) mass is 365 g/mol. The molecule has 9 heteroatoms. The van der Waals surface area contributed by atoms with E-state index in [0.29, 0.717) is 25.9 Å². The molecule has 1 aliphatic heterocycles. The summed E-state index contributed by atoms with van der Waals surface area (Å²) >= 11 is 0. The van der Waals surface area contributed by atoms with Crippen LogP contribution in [0.5, 0.6) is 0 Å². The fourth-order valence-electron chi connectivity index (χ4n) is 3.38. The molecule has 0 saturated carbocycles. The number of H-pyrrole nitrogens is 1. The lowest BCUT2D eigenvalue weighted by molar-refractivity contribution is 0.0601. The summed E-state index contributed by atoms with van der Waals surface area (Å²) in [5.74, 6) is 0.825. The zero-order valence-electron chi connectivity index (χ0n) is 14.9. The smallest absolute Gasteiger partial charge is 0.410 e. The number of piperidine rings is 1. The van der Waals surface area contributed by atoms with Gasteiger partial charge < -0.3 is 14.6 Å². The third-order valence-electron chi connectivity index (χ3n) is 4.82. The molecule has 0 atom stereocenters. The van der Waals surface area contributed by atoms with E-state index in [9.17, 15) is 4.79 Å². The minimum Gasteiger partial charge on any atom is -0.446 e. The van der Waals surface area contributed by atoms with Gasteiger partial charge in [0.25, 0.3) is 0 Å². The van der Waals surface area contributed by atoms with Gasteiger partial charge in [-0.25, -0.2) is 9.78 Å². The molecule has 9 nitrogen and oxygen atoms in total. The molecule has 27 heavy (non-hydrogen) atoms. The van der Waals surface area contributed by atoms with Crippen molar-refractivity contribution >= 4 is 33.7 Å². The first-order chi connectivity index (χ1) is 13.2.